The molecule has 0 aromatic heterocycles. The summed E-state index contributed by atoms with van der Waals surface area (Å²) in [7, 11) is 3.50. The van der Waals surface area contributed by atoms with Crippen molar-refractivity contribution in [2.75, 3.05) is 14.1 Å². The number of carbonyl (C=O) groups is 1. The molecule has 0 saturated heterocycles. The zero-order chi connectivity index (χ0) is 11.4. The van der Waals surface area contributed by atoms with Crippen LogP contribution in [0.25, 0.3) is 0 Å². The maximum Gasteiger partial charge on any atom is 0.255 e. The minimum absolute atomic E-state index is 0.205. The summed E-state index contributed by atoms with van der Waals surface area (Å²) in [6.07, 6.45) is 0. The Bertz CT molecular complexity index is 332. The molecule has 4 heteroatoms. The molecule has 0 heterocycles. The van der Waals surface area contributed by atoms with Crippen LogP contribution in [-0.4, -0.2) is 25.0 Å². The summed E-state index contributed by atoms with van der Waals surface area (Å²) in [5.41, 5.74) is 10.4. The summed E-state index contributed by atoms with van der Waals surface area (Å²) in [4.78, 5) is 11.6. The molecule has 0 aliphatic heterocycles. The highest BCUT2D eigenvalue weighted by molar-refractivity contribution is 5.82. The molecule has 4 nitrogen and oxygen atoms in total. The predicted molar refractivity (Wildman–Crippen MR) is 59.9 cm³/mol. The summed E-state index contributed by atoms with van der Waals surface area (Å²) < 4.78 is 0. The van der Waals surface area contributed by atoms with E-state index in [1.54, 1.807) is 19.1 Å². The fraction of sp³-hybridized carbons (Fsp3) is 0.364. The minimum Gasteiger partial charge on any atom is -0.316 e. The molecule has 82 valence electrons. The van der Waals surface area contributed by atoms with Crippen molar-refractivity contribution in [2.45, 2.75) is 13.0 Å². The smallest absolute Gasteiger partial charge is 0.255 e. The zero-order valence-electron chi connectivity index (χ0n) is 9.32. The molecule has 0 radical (unpaired) electrons. The Labute approximate surface area is 90.0 Å². The first-order valence-corrected chi connectivity index (χ1v) is 4.80. The number of hydrazine groups is 1. The number of nitrogens with zero attached hydrogens (tertiary/aromatic N) is 1. The van der Waals surface area contributed by atoms with Gasteiger partial charge in [-0.25, -0.2) is 5.01 Å². The molecular formula is C11H17N3O. The molecular weight excluding hydrogens is 190 g/mol. The number of hydrogen-bond donors (Lipinski definition) is 2. The SMILES string of the molecule is Cc1ccc(C(N)C(=O)NN(C)C)cc1. The van der Waals surface area contributed by atoms with E-state index in [4.69, 9.17) is 5.73 Å². The first-order valence-electron chi connectivity index (χ1n) is 4.80. The Morgan fingerprint density at radius 1 is 1.33 bits per heavy atom. The van der Waals surface area contributed by atoms with Crippen LogP contribution in [0.2, 0.25) is 0 Å². The Hall–Kier alpha value is -1.39. The predicted octanol–water partition coefficient (Wildman–Crippen LogP) is 0.588. The van der Waals surface area contributed by atoms with Crippen molar-refractivity contribution in [1.82, 2.24) is 10.4 Å². The largest absolute Gasteiger partial charge is 0.316 e. The summed E-state index contributed by atoms with van der Waals surface area (Å²) in [5, 5.41) is 1.58. The van der Waals surface area contributed by atoms with E-state index in [9.17, 15) is 4.79 Å². The molecule has 15 heavy (non-hydrogen) atoms. The molecule has 1 rings (SSSR count). The van der Waals surface area contributed by atoms with Crippen LogP contribution in [0.15, 0.2) is 24.3 Å². The molecule has 3 N–H and O–H groups in total. The average molecular weight is 207 g/mol. The Morgan fingerprint density at radius 2 is 1.87 bits per heavy atom. The highest BCUT2D eigenvalue weighted by atomic mass is 16.2. The van der Waals surface area contributed by atoms with Gasteiger partial charge in [-0.05, 0) is 12.5 Å². The topological polar surface area (TPSA) is 58.4 Å². The van der Waals surface area contributed by atoms with E-state index in [0.29, 0.717) is 0 Å². The quantitative estimate of drug-likeness (QED) is 0.713. The van der Waals surface area contributed by atoms with Crippen LogP contribution in [0, 0.1) is 6.92 Å². The van der Waals surface area contributed by atoms with Gasteiger partial charge in [-0.1, -0.05) is 29.8 Å². The van der Waals surface area contributed by atoms with Crippen LogP contribution in [0.5, 0.6) is 0 Å². The second kappa shape index (κ2) is 4.91. The lowest BCUT2D eigenvalue weighted by atomic mass is 10.1. The van der Waals surface area contributed by atoms with E-state index in [1.165, 1.54) is 0 Å². The van der Waals surface area contributed by atoms with Crippen LogP contribution >= 0.6 is 0 Å². The summed E-state index contributed by atoms with van der Waals surface area (Å²) in [5.74, 6) is -0.205. The molecule has 0 aliphatic carbocycles. The van der Waals surface area contributed by atoms with Crippen molar-refractivity contribution >= 4 is 5.91 Å². The van der Waals surface area contributed by atoms with Gasteiger partial charge >= 0.3 is 0 Å². The third-order valence-corrected chi connectivity index (χ3v) is 2.05. The second-order valence-corrected chi connectivity index (χ2v) is 3.76. The van der Waals surface area contributed by atoms with Crippen molar-refractivity contribution in [3.63, 3.8) is 0 Å². The molecule has 0 spiro atoms. The Morgan fingerprint density at radius 3 is 2.33 bits per heavy atom. The molecule has 0 saturated carbocycles. The van der Waals surface area contributed by atoms with Crippen LogP contribution in [0.4, 0.5) is 0 Å². The summed E-state index contributed by atoms with van der Waals surface area (Å²) in [6.45, 7) is 2.00. The minimum atomic E-state index is -0.618. The van der Waals surface area contributed by atoms with Crippen molar-refractivity contribution in [2.24, 2.45) is 5.73 Å². The van der Waals surface area contributed by atoms with Crippen LogP contribution in [0.3, 0.4) is 0 Å². The standard InChI is InChI=1S/C11H17N3O/c1-8-4-6-9(7-5-8)10(12)11(15)13-14(2)3/h4-7,10H,12H2,1-3H3,(H,13,15). The van der Waals surface area contributed by atoms with Crippen molar-refractivity contribution in [1.29, 1.82) is 0 Å². The van der Waals surface area contributed by atoms with Gasteiger partial charge in [-0.3, -0.25) is 10.2 Å². The van der Waals surface area contributed by atoms with Gasteiger partial charge in [0.2, 0.25) is 0 Å². The van der Waals surface area contributed by atoms with Crippen LogP contribution < -0.4 is 11.2 Å². The number of rotatable bonds is 3. The van der Waals surface area contributed by atoms with Gasteiger partial charge in [-0.15, -0.1) is 0 Å². The number of amides is 1. The second-order valence-electron chi connectivity index (χ2n) is 3.76. The van der Waals surface area contributed by atoms with E-state index in [2.05, 4.69) is 5.43 Å². The lowest BCUT2D eigenvalue weighted by Crippen LogP contribution is -2.41. The van der Waals surface area contributed by atoms with E-state index >= 15 is 0 Å². The van der Waals surface area contributed by atoms with Gasteiger partial charge in [0.25, 0.3) is 5.91 Å². The van der Waals surface area contributed by atoms with Crippen molar-refractivity contribution in [3.8, 4) is 0 Å². The first kappa shape index (κ1) is 11.7. The number of nitrogens with one attached hydrogen (secondary N) is 1. The number of aryl methyl sites for hydroxylation is 1. The van der Waals surface area contributed by atoms with Crippen molar-refractivity contribution in [3.05, 3.63) is 35.4 Å². The van der Waals surface area contributed by atoms with E-state index in [0.717, 1.165) is 11.1 Å². The highest BCUT2D eigenvalue weighted by Crippen LogP contribution is 2.11. The fourth-order valence-electron chi connectivity index (χ4n) is 1.22. The Balaban J connectivity index is 2.71. The van der Waals surface area contributed by atoms with Gasteiger partial charge in [-0.2, -0.15) is 0 Å². The fourth-order valence-corrected chi connectivity index (χ4v) is 1.22. The van der Waals surface area contributed by atoms with E-state index in [1.807, 2.05) is 31.2 Å². The third kappa shape index (κ3) is 3.34. The lowest BCUT2D eigenvalue weighted by molar-refractivity contribution is -0.126. The molecule has 1 amide bonds. The van der Waals surface area contributed by atoms with Crippen molar-refractivity contribution < 1.29 is 4.79 Å². The molecule has 1 aromatic carbocycles. The number of benzene rings is 1. The zero-order valence-corrected chi connectivity index (χ0v) is 9.32. The van der Waals surface area contributed by atoms with Gasteiger partial charge in [0.1, 0.15) is 6.04 Å². The maximum atomic E-state index is 11.6. The number of nitrogens with two attached hydrogens (primary N) is 1. The Kier molecular flexibility index (Phi) is 3.82. The average Bonchev–Trinajstić information content (AvgIpc) is 2.17. The van der Waals surface area contributed by atoms with E-state index < -0.39 is 6.04 Å². The molecule has 1 unspecified atom stereocenters. The maximum absolute atomic E-state index is 11.6. The molecule has 0 aliphatic rings. The number of carbonyl (C=O) groups excluding carboxylic acids is 1. The highest BCUT2D eigenvalue weighted by Gasteiger charge is 2.15. The third-order valence-electron chi connectivity index (χ3n) is 2.05. The van der Waals surface area contributed by atoms with Gasteiger partial charge in [0.05, 0.1) is 0 Å². The van der Waals surface area contributed by atoms with Crippen LogP contribution in [-0.2, 0) is 4.79 Å². The molecule has 0 fully saturated rings. The molecule has 1 atom stereocenters. The molecule has 1 aromatic rings. The lowest BCUT2D eigenvalue weighted by Gasteiger charge is -2.16. The normalized spacial score (nSPS) is 12.6. The summed E-state index contributed by atoms with van der Waals surface area (Å²) in [6, 6.07) is 7.01. The summed E-state index contributed by atoms with van der Waals surface area (Å²) >= 11 is 0. The van der Waals surface area contributed by atoms with Gasteiger partial charge in [0, 0.05) is 14.1 Å². The van der Waals surface area contributed by atoms with E-state index in [-0.39, 0.29) is 5.91 Å². The van der Waals surface area contributed by atoms with Crippen LogP contribution in [0.1, 0.15) is 17.2 Å². The molecule has 0 bridgehead atoms. The monoisotopic (exact) mass is 207 g/mol. The van der Waals surface area contributed by atoms with Gasteiger partial charge in [0.15, 0.2) is 0 Å². The first-order chi connectivity index (χ1) is 7.00. The van der Waals surface area contributed by atoms with Gasteiger partial charge < -0.3 is 5.73 Å². The number of hydrogen-bond acceptors (Lipinski definition) is 3.